The van der Waals surface area contributed by atoms with E-state index in [0.29, 0.717) is 24.2 Å². The first-order valence-corrected chi connectivity index (χ1v) is 6.34. The minimum atomic E-state index is -0.841. The predicted octanol–water partition coefficient (Wildman–Crippen LogP) is 0.714. The van der Waals surface area contributed by atoms with Crippen LogP contribution in [0.3, 0.4) is 0 Å². The Morgan fingerprint density at radius 3 is 2.85 bits per heavy atom. The van der Waals surface area contributed by atoms with Crippen LogP contribution >= 0.6 is 0 Å². The van der Waals surface area contributed by atoms with Crippen LogP contribution in [0.15, 0.2) is 0 Å². The molecule has 1 aliphatic carbocycles. The van der Waals surface area contributed by atoms with E-state index in [0.717, 1.165) is 12.5 Å². The zero-order valence-electron chi connectivity index (χ0n) is 8.20. The standard InChI is InChI=1S/C9H19NO2S/c1-8(4-10)6-13(11)7-12-5-9-2-3-9/h8-9H,2-7,10H2,1H3. The lowest BCUT2D eigenvalue weighted by Crippen LogP contribution is -2.20. The third-order valence-corrected chi connectivity index (χ3v) is 3.51. The van der Waals surface area contributed by atoms with E-state index in [1.54, 1.807) is 0 Å². The SMILES string of the molecule is CC(CN)CS(=O)COCC1CC1. The van der Waals surface area contributed by atoms with Crippen molar-refractivity contribution in [3.05, 3.63) is 0 Å². The fraction of sp³-hybridized carbons (Fsp3) is 1.00. The van der Waals surface area contributed by atoms with Gasteiger partial charge in [0, 0.05) is 16.6 Å². The van der Waals surface area contributed by atoms with E-state index in [1.165, 1.54) is 12.8 Å². The molecule has 1 fully saturated rings. The summed E-state index contributed by atoms with van der Waals surface area (Å²) >= 11 is 0. The average molecular weight is 205 g/mol. The van der Waals surface area contributed by atoms with Gasteiger partial charge in [-0.15, -0.1) is 0 Å². The highest BCUT2D eigenvalue weighted by atomic mass is 32.2. The molecule has 1 rings (SSSR count). The summed E-state index contributed by atoms with van der Waals surface area (Å²) in [5.74, 6) is 2.15. The summed E-state index contributed by atoms with van der Waals surface area (Å²) < 4.78 is 16.7. The van der Waals surface area contributed by atoms with Crippen LogP contribution in [-0.2, 0) is 15.5 Å². The van der Waals surface area contributed by atoms with Gasteiger partial charge in [-0.25, -0.2) is 0 Å². The third kappa shape index (κ3) is 5.39. The van der Waals surface area contributed by atoms with E-state index in [1.807, 2.05) is 6.92 Å². The molecule has 0 aliphatic heterocycles. The van der Waals surface area contributed by atoms with E-state index in [9.17, 15) is 4.21 Å². The summed E-state index contributed by atoms with van der Waals surface area (Å²) in [6.07, 6.45) is 2.57. The van der Waals surface area contributed by atoms with Crippen molar-refractivity contribution in [3.63, 3.8) is 0 Å². The summed E-state index contributed by atoms with van der Waals surface area (Å²) in [4.78, 5) is 0. The lowest BCUT2D eigenvalue weighted by Gasteiger charge is -2.08. The van der Waals surface area contributed by atoms with Gasteiger partial charge in [-0.1, -0.05) is 6.92 Å². The second kappa shape index (κ2) is 5.73. The molecule has 0 bridgehead atoms. The van der Waals surface area contributed by atoms with Crippen molar-refractivity contribution in [1.29, 1.82) is 0 Å². The Morgan fingerprint density at radius 1 is 1.62 bits per heavy atom. The van der Waals surface area contributed by atoms with Crippen LogP contribution in [0.2, 0.25) is 0 Å². The minimum absolute atomic E-state index is 0.338. The molecule has 78 valence electrons. The van der Waals surface area contributed by atoms with Crippen LogP contribution in [0.5, 0.6) is 0 Å². The Labute approximate surface area is 82.5 Å². The maximum absolute atomic E-state index is 11.3. The van der Waals surface area contributed by atoms with Gasteiger partial charge < -0.3 is 10.5 Å². The second-order valence-corrected chi connectivity index (χ2v) is 5.33. The number of rotatable bonds is 7. The first kappa shape index (κ1) is 11.1. The van der Waals surface area contributed by atoms with Crippen molar-refractivity contribution in [3.8, 4) is 0 Å². The molecule has 2 unspecified atom stereocenters. The van der Waals surface area contributed by atoms with Gasteiger partial charge in [-0.05, 0) is 31.2 Å². The van der Waals surface area contributed by atoms with Crippen molar-refractivity contribution >= 4 is 10.8 Å². The van der Waals surface area contributed by atoms with Gasteiger partial charge in [0.05, 0.1) is 6.61 Å². The summed E-state index contributed by atoms with van der Waals surface area (Å²) in [5.41, 5.74) is 5.43. The smallest absolute Gasteiger partial charge is 0.122 e. The largest absolute Gasteiger partial charge is 0.368 e. The number of ether oxygens (including phenoxy) is 1. The molecule has 0 saturated heterocycles. The molecule has 1 aliphatic rings. The van der Waals surface area contributed by atoms with Gasteiger partial charge in [0.2, 0.25) is 0 Å². The fourth-order valence-electron chi connectivity index (χ4n) is 1.03. The summed E-state index contributed by atoms with van der Waals surface area (Å²) in [6, 6.07) is 0. The molecule has 0 aromatic rings. The zero-order valence-corrected chi connectivity index (χ0v) is 9.02. The highest BCUT2D eigenvalue weighted by Gasteiger charge is 2.21. The van der Waals surface area contributed by atoms with Gasteiger partial charge >= 0.3 is 0 Å². The number of nitrogens with two attached hydrogens (primary N) is 1. The van der Waals surface area contributed by atoms with Crippen LogP contribution in [0.4, 0.5) is 0 Å². The molecule has 4 heteroatoms. The van der Waals surface area contributed by atoms with Gasteiger partial charge in [0.1, 0.15) is 5.94 Å². The highest BCUT2D eigenvalue weighted by molar-refractivity contribution is 7.84. The van der Waals surface area contributed by atoms with E-state index in [2.05, 4.69) is 0 Å². The molecular formula is C9H19NO2S. The Bertz CT molecular complexity index is 171. The lowest BCUT2D eigenvalue weighted by atomic mass is 10.2. The van der Waals surface area contributed by atoms with E-state index >= 15 is 0 Å². The maximum Gasteiger partial charge on any atom is 0.122 e. The average Bonchev–Trinajstić information content (AvgIpc) is 2.88. The zero-order chi connectivity index (χ0) is 9.68. The molecular weight excluding hydrogens is 186 g/mol. The van der Waals surface area contributed by atoms with Crippen LogP contribution in [-0.4, -0.2) is 29.1 Å². The molecule has 0 aromatic heterocycles. The molecule has 0 radical (unpaired) electrons. The molecule has 0 spiro atoms. The molecule has 2 N–H and O–H groups in total. The summed E-state index contributed by atoms with van der Waals surface area (Å²) in [7, 11) is -0.841. The van der Waals surface area contributed by atoms with Crippen molar-refractivity contribution < 1.29 is 8.95 Å². The van der Waals surface area contributed by atoms with Crippen LogP contribution in [0, 0.1) is 11.8 Å². The predicted molar refractivity (Wildman–Crippen MR) is 54.8 cm³/mol. The molecule has 0 heterocycles. The summed E-state index contributed by atoms with van der Waals surface area (Å²) in [6.45, 7) is 3.41. The third-order valence-electron chi connectivity index (χ3n) is 2.14. The van der Waals surface area contributed by atoms with Crippen LogP contribution in [0.25, 0.3) is 0 Å². The Kier molecular flexibility index (Phi) is 4.91. The Hall–Kier alpha value is 0.0700. The molecule has 1 saturated carbocycles. The van der Waals surface area contributed by atoms with Gasteiger partial charge in [-0.2, -0.15) is 0 Å². The van der Waals surface area contributed by atoms with Gasteiger partial charge in [0.25, 0.3) is 0 Å². The minimum Gasteiger partial charge on any atom is -0.368 e. The van der Waals surface area contributed by atoms with Crippen molar-refractivity contribution in [2.24, 2.45) is 17.6 Å². The molecule has 0 aromatic carbocycles. The molecule has 0 amide bonds. The van der Waals surface area contributed by atoms with E-state index in [-0.39, 0.29) is 0 Å². The molecule has 2 atom stereocenters. The lowest BCUT2D eigenvalue weighted by molar-refractivity contribution is 0.168. The van der Waals surface area contributed by atoms with Crippen molar-refractivity contribution in [1.82, 2.24) is 0 Å². The number of hydrogen-bond acceptors (Lipinski definition) is 3. The fourth-order valence-corrected chi connectivity index (χ4v) is 2.17. The van der Waals surface area contributed by atoms with Gasteiger partial charge in [-0.3, -0.25) is 4.21 Å². The number of hydrogen-bond donors (Lipinski definition) is 1. The molecule has 3 nitrogen and oxygen atoms in total. The van der Waals surface area contributed by atoms with Crippen molar-refractivity contribution in [2.75, 3.05) is 24.8 Å². The van der Waals surface area contributed by atoms with E-state index in [4.69, 9.17) is 10.5 Å². The quantitative estimate of drug-likeness (QED) is 0.666. The second-order valence-electron chi connectivity index (χ2n) is 3.88. The topological polar surface area (TPSA) is 52.3 Å². The first-order chi connectivity index (χ1) is 6.22. The Balaban J connectivity index is 1.96. The monoisotopic (exact) mass is 205 g/mol. The summed E-state index contributed by atoms with van der Waals surface area (Å²) in [5, 5.41) is 0. The van der Waals surface area contributed by atoms with Crippen LogP contribution in [0.1, 0.15) is 19.8 Å². The van der Waals surface area contributed by atoms with Crippen molar-refractivity contribution in [2.45, 2.75) is 19.8 Å². The van der Waals surface area contributed by atoms with E-state index < -0.39 is 10.8 Å². The first-order valence-electron chi connectivity index (χ1n) is 4.85. The Morgan fingerprint density at radius 2 is 2.31 bits per heavy atom. The van der Waals surface area contributed by atoms with Gasteiger partial charge in [0.15, 0.2) is 0 Å². The maximum atomic E-state index is 11.3. The van der Waals surface area contributed by atoms with Crippen LogP contribution < -0.4 is 5.73 Å². The molecule has 13 heavy (non-hydrogen) atoms. The highest BCUT2D eigenvalue weighted by Crippen LogP contribution is 2.28. The normalized spacial score (nSPS) is 21.4.